The van der Waals surface area contributed by atoms with Gasteiger partial charge in [-0.2, -0.15) is 0 Å². The Morgan fingerprint density at radius 3 is 2.78 bits per heavy atom. The van der Waals surface area contributed by atoms with E-state index in [4.69, 9.17) is 5.11 Å². The highest BCUT2D eigenvalue weighted by molar-refractivity contribution is 6.00. The lowest BCUT2D eigenvalue weighted by Gasteiger charge is -2.16. The van der Waals surface area contributed by atoms with Crippen LogP contribution in [0.15, 0.2) is 24.5 Å². The molecule has 2 rings (SSSR count). The Morgan fingerprint density at radius 2 is 2.17 bits per heavy atom. The number of aromatic nitrogens is 2. The first-order valence-corrected chi connectivity index (χ1v) is 5.87. The highest BCUT2D eigenvalue weighted by atomic mass is 16.4. The third kappa shape index (κ3) is 2.22. The summed E-state index contributed by atoms with van der Waals surface area (Å²) in [5, 5.41) is 18.5. The average Bonchev–Trinajstić information content (AvgIpc) is 2.70. The summed E-state index contributed by atoms with van der Waals surface area (Å²) in [7, 11) is 0. The fourth-order valence-corrected chi connectivity index (χ4v) is 2.19. The summed E-state index contributed by atoms with van der Waals surface area (Å²) in [6.07, 6.45) is 1.83. The van der Waals surface area contributed by atoms with Crippen molar-refractivity contribution >= 4 is 17.0 Å². The molecule has 0 amide bonds. The molecule has 1 aromatic heterocycles. The Labute approximate surface area is 105 Å². The van der Waals surface area contributed by atoms with E-state index in [1.807, 2.05) is 17.6 Å². The number of nitrogens with zero attached hydrogens (tertiary/aromatic N) is 2. The summed E-state index contributed by atoms with van der Waals surface area (Å²) in [6.45, 7) is 3.71. The van der Waals surface area contributed by atoms with E-state index in [1.165, 1.54) is 0 Å². The summed E-state index contributed by atoms with van der Waals surface area (Å²) < 4.78 is 1.90. The van der Waals surface area contributed by atoms with Gasteiger partial charge in [-0.25, -0.2) is 9.78 Å². The van der Waals surface area contributed by atoms with Crippen LogP contribution in [0.4, 0.5) is 0 Å². The third-order valence-corrected chi connectivity index (χ3v) is 2.99. The number of aliphatic hydroxyl groups is 1. The van der Waals surface area contributed by atoms with E-state index in [0.29, 0.717) is 11.9 Å². The van der Waals surface area contributed by atoms with E-state index in [2.05, 4.69) is 4.98 Å². The van der Waals surface area contributed by atoms with E-state index in [1.54, 1.807) is 25.4 Å². The van der Waals surface area contributed by atoms with Crippen molar-refractivity contribution in [3.8, 4) is 0 Å². The van der Waals surface area contributed by atoms with E-state index < -0.39 is 12.1 Å². The van der Waals surface area contributed by atoms with Gasteiger partial charge in [-0.3, -0.25) is 0 Å². The SMILES string of the molecule is CC(O)CC(C)n1cnc2c(C(=O)O)cccc21. The largest absolute Gasteiger partial charge is 0.478 e. The van der Waals surface area contributed by atoms with Crippen LogP contribution in [0.2, 0.25) is 0 Å². The van der Waals surface area contributed by atoms with Gasteiger partial charge in [-0.15, -0.1) is 0 Å². The molecule has 96 valence electrons. The number of hydrogen-bond donors (Lipinski definition) is 2. The molecule has 0 spiro atoms. The summed E-state index contributed by atoms with van der Waals surface area (Å²) in [5.41, 5.74) is 1.47. The molecule has 0 bridgehead atoms. The van der Waals surface area contributed by atoms with Crippen LogP contribution in [-0.4, -0.2) is 31.8 Å². The van der Waals surface area contributed by atoms with Crippen molar-refractivity contribution in [1.82, 2.24) is 9.55 Å². The maximum absolute atomic E-state index is 11.1. The van der Waals surface area contributed by atoms with Crippen LogP contribution in [0.3, 0.4) is 0 Å². The van der Waals surface area contributed by atoms with Crippen molar-refractivity contribution in [2.24, 2.45) is 0 Å². The van der Waals surface area contributed by atoms with Crippen LogP contribution in [0, 0.1) is 0 Å². The molecule has 0 radical (unpaired) electrons. The predicted molar refractivity (Wildman–Crippen MR) is 67.7 cm³/mol. The molecule has 0 aliphatic carbocycles. The molecule has 5 heteroatoms. The lowest BCUT2D eigenvalue weighted by atomic mass is 10.1. The number of imidazole rings is 1. The first kappa shape index (κ1) is 12.6. The minimum atomic E-state index is -0.978. The molecule has 2 aromatic rings. The standard InChI is InChI=1S/C13H16N2O3/c1-8(6-9(2)16)15-7-14-12-10(13(17)18)4-3-5-11(12)15/h3-5,7-9,16H,6H2,1-2H3,(H,17,18). The van der Waals surface area contributed by atoms with Crippen LogP contribution < -0.4 is 0 Å². The van der Waals surface area contributed by atoms with Crippen molar-refractivity contribution in [2.45, 2.75) is 32.4 Å². The second kappa shape index (κ2) is 4.78. The van der Waals surface area contributed by atoms with E-state index >= 15 is 0 Å². The summed E-state index contributed by atoms with van der Waals surface area (Å²) in [4.78, 5) is 15.3. The molecule has 5 nitrogen and oxygen atoms in total. The van der Waals surface area contributed by atoms with Gasteiger partial charge in [0.1, 0.15) is 5.52 Å². The summed E-state index contributed by atoms with van der Waals surface area (Å²) in [5.74, 6) is -0.978. The number of carboxylic acid groups (broad SMARTS) is 1. The number of carboxylic acids is 1. The molecule has 0 saturated carbocycles. The Kier molecular flexibility index (Phi) is 3.34. The number of hydrogen-bond acceptors (Lipinski definition) is 3. The number of benzene rings is 1. The molecule has 2 N–H and O–H groups in total. The molecule has 1 heterocycles. The van der Waals surface area contributed by atoms with Gasteiger partial charge >= 0.3 is 5.97 Å². The zero-order chi connectivity index (χ0) is 13.3. The Balaban J connectivity index is 2.48. The average molecular weight is 248 g/mol. The van der Waals surface area contributed by atoms with Crippen molar-refractivity contribution < 1.29 is 15.0 Å². The number of para-hydroxylation sites is 1. The van der Waals surface area contributed by atoms with Crippen LogP contribution in [0.5, 0.6) is 0 Å². The molecular formula is C13H16N2O3. The lowest BCUT2D eigenvalue weighted by molar-refractivity contribution is 0.0699. The zero-order valence-electron chi connectivity index (χ0n) is 10.4. The van der Waals surface area contributed by atoms with Crippen molar-refractivity contribution in [3.05, 3.63) is 30.1 Å². The van der Waals surface area contributed by atoms with Gasteiger partial charge < -0.3 is 14.8 Å². The summed E-state index contributed by atoms with van der Waals surface area (Å²) in [6, 6.07) is 5.16. The van der Waals surface area contributed by atoms with Crippen LogP contribution in [0.1, 0.15) is 36.7 Å². The lowest BCUT2D eigenvalue weighted by Crippen LogP contribution is -2.11. The number of aromatic carboxylic acids is 1. The molecule has 1 aromatic carbocycles. The van der Waals surface area contributed by atoms with Gasteiger partial charge in [-0.1, -0.05) is 6.07 Å². The van der Waals surface area contributed by atoms with Gasteiger partial charge in [0.15, 0.2) is 0 Å². The van der Waals surface area contributed by atoms with Crippen molar-refractivity contribution in [1.29, 1.82) is 0 Å². The highest BCUT2D eigenvalue weighted by Crippen LogP contribution is 2.23. The molecule has 0 saturated heterocycles. The second-order valence-corrected chi connectivity index (χ2v) is 4.56. The first-order chi connectivity index (χ1) is 8.50. The van der Waals surface area contributed by atoms with E-state index in [-0.39, 0.29) is 11.6 Å². The topological polar surface area (TPSA) is 75.3 Å². The maximum atomic E-state index is 11.1. The quantitative estimate of drug-likeness (QED) is 0.868. The van der Waals surface area contributed by atoms with Gasteiger partial charge in [0.2, 0.25) is 0 Å². The molecule has 18 heavy (non-hydrogen) atoms. The molecule has 0 fully saturated rings. The first-order valence-electron chi connectivity index (χ1n) is 5.87. The minimum Gasteiger partial charge on any atom is -0.478 e. The Hall–Kier alpha value is -1.88. The molecule has 0 aliphatic heterocycles. The zero-order valence-corrected chi connectivity index (χ0v) is 10.4. The fraction of sp³-hybridized carbons (Fsp3) is 0.385. The number of fused-ring (bicyclic) bond motifs is 1. The van der Waals surface area contributed by atoms with Crippen LogP contribution >= 0.6 is 0 Å². The van der Waals surface area contributed by atoms with E-state index in [0.717, 1.165) is 5.52 Å². The van der Waals surface area contributed by atoms with Crippen LogP contribution in [-0.2, 0) is 0 Å². The number of rotatable bonds is 4. The number of carbonyl (C=O) groups is 1. The monoisotopic (exact) mass is 248 g/mol. The Morgan fingerprint density at radius 1 is 1.44 bits per heavy atom. The summed E-state index contributed by atoms with van der Waals surface area (Å²) >= 11 is 0. The smallest absolute Gasteiger partial charge is 0.337 e. The minimum absolute atomic E-state index is 0.0686. The van der Waals surface area contributed by atoms with Gasteiger partial charge in [0, 0.05) is 6.04 Å². The Bertz CT molecular complexity index is 575. The van der Waals surface area contributed by atoms with Gasteiger partial charge in [-0.05, 0) is 32.4 Å². The number of aliphatic hydroxyl groups excluding tert-OH is 1. The van der Waals surface area contributed by atoms with Gasteiger partial charge in [0.05, 0.1) is 23.5 Å². The van der Waals surface area contributed by atoms with E-state index in [9.17, 15) is 9.90 Å². The van der Waals surface area contributed by atoms with Crippen molar-refractivity contribution in [2.75, 3.05) is 0 Å². The molecule has 2 unspecified atom stereocenters. The fourth-order valence-electron chi connectivity index (χ4n) is 2.19. The maximum Gasteiger partial charge on any atom is 0.337 e. The van der Waals surface area contributed by atoms with Crippen molar-refractivity contribution in [3.63, 3.8) is 0 Å². The van der Waals surface area contributed by atoms with Gasteiger partial charge in [0.25, 0.3) is 0 Å². The predicted octanol–water partition coefficient (Wildman–Crippen LogP) is 2.07. The molecule has 2 atom stereocenters. The highest BCUT2D eigenvalue weighted by Gasteiger charge is 2.15. The molecular weight excluding hydrogens is 232 g/mol. The second-order valence-electron chi connectivity index (χ2n) is 4.56. The molecule has 0 aliphatic rings. The van der Waals surface area contributed by atoms with Crippen LogP contribution in [0.25, 0.3) is 11.0 Å². The third-order valence-electron chi connectivity index (χ3n) is 2.99. The normalized spacial score (nSPS) is 14.6.